The Morgan fingerprint density at radius 3 is 2.21 bits per heavy atom. The van der Waals surface area contributed by atoms with E-state index >= 15 is 0 Å². The molecule has 2 heterocycles. The van der Waals surface area contributed by atoms with Crippen molar-refractivity contribution in [1.29, 1.82) is 0 Å². The van der Waals surface area contributed by atoms with Crippen LogP contribution in [0.2, 0.25) is 5.02 Å². The number of carbonyl (C=O) groups is 2. The third kappa shape index (κ3) is 4.43. The number of rotatable bonds is 7. The highest BCUT2D eigenvalue weighted by atomic mass is 35.5. The van der Waals surface area contributed by atoms with Crippen LogP contribution in [0.25, 0.3) is 21.8 Å². The van der Waals surface area contributed by atoms with Crippen LogP contribution in [0.1, 0.15) is 25.8 Å². The summed E-state index contributed by atoms with van der Waals surface area (Å²) in [5, 5.41) is 19.8. The summed E-state index contributed by atoms with van der Waals surface area (Å²) in [4.78, 5) is 23.5. The summed E-state index contributed by atoms with van der Waals surface area (Å²) in [6.45, 7) is 1.34. The summed E-state index contributed by atoms with van der Waals surface area (Å²) >= 11 is 6.81. The second kappa shape index (κ2) is 8.98. The van der Waals surface area contributed by atoms with E-state index in [2.05, 4.69) is 4.72 Å². The minimum Gasteiger partial charge on any atom is -0.478 e. The largest absolute Gasteiger partial charge is 0.478 e. The SMILES string of the molecule is Cc1oc(-c2ccc(Cl)cc2)c(S(=O)(=O)Nc2cc(-c3ccccc3)sc2C(=O)O)c1C(=O)O. The molecule has 0 aliphatic heterocycles. The molecule has 0 amide bonds. The van der Waals surface area contributed by atoms with Crippen LogP contribution in [0.4, 0.5) is 5.69 Å². The fourth-order valence-corrected chi connectivity index (χ4v) is 5.99. The van der Waals surface area contributed by atoms with E-state index in [9.17, 15) is 28.2 Å². The predicted molar refractivity (Wildman–Crippen MR) is 128 cm³/mol. The zero-order valence-corrected chi connectivity index (χ0v) is 19.8. The number of nitrogens with one attached hydrogen (secondary N) is 1. The Labute approximate surface area is 203 Å². The Bertz CT molecular complexity index is 1500. The average Bonchev–Trinajstić information content (AvgIpc) is 3.36. The van der Waals surface area contributed by atoms with Gasteiger partial charge < -0.3 is 14.6 Å². The lowest BCUT2D eigenvalue weighted by molar-refractivity contribution is 0.0684. The van der Waals surface area contributed by atoms with Gasteiger partial charge in [0.15, 0.2) is 5.76 Å². The lowest BCUT2D eigenvalue weighted by Gasteiger charge is -2.09. The van der Waals surface area contributed by atoms with Crippen LogP contribution in [-0.2, 0) is 10.0 Å². The second-order valence-corrected chi connectivity index (χ2v) is 10.2. The summed E-state index contributed by atoms with van der Waals surface area (Å²) in [6, 6.07) is 16.3. The molecule has 2 aromatic carbocycles. The third-order valence-electron chi connectivity index (χ3n) is 4.86. The summed E-state index contributed by atoms with van der Waals surface area (Å²) < 4.78 is 34.8. The summed E-state index contributed by atoms with van der Waals surface area (Å²) in [6.07, 6.45) is 0. The van der Waals surface area contributed by atoms with E-state index in [1.165, 1.54) is 37.3 Å². The van der Waals surface area contributed by atoms with Crippen molar-refractivity contribution in [3.05, 3.63) is 81.9 Å². The number of sulfonamides is 1. The highest BCUT2D eigenvalue weighted by Crippen LogP contribution is 2.39. The molecule has 8 nitrogen and oxygen atoms in total. The van der Waals surface area contributed by atoms with E-state index in [1.54, 1.807) is 30.3 Å². The van der Waals surface area contributed by atoms with Gasteiger partial charge in [0.2, 0.25) is 0 Å². The first kappa shape index (κ1) is 23.6. The lowest BCUT2D eigenvalue weighted by Crippen LogP contribution is -2.17. The van der Waals surface area contributed by atoms with E-state index in [4.69, 9.17) is 16.0 Å². The van der Waals surface area contributed by atoms with Crippen molar-refractivity contribution in [3.8, 4) is 21.8 Å². The van der Waals surface area contributed by atoms with E-state index in [-0.39, 0.29) is 27.6 Å². The minimum atomic E-state index is -4.60. The maximum Gasteiger partial charge on any atom is 0.348 e. The van der Waals surface area contributed by atoms with Gasteiger partial charge in [-0.05, 0) is 42.8 Å². The number of benzene rings is 2. The molecule has 34 heavy (non-hydrogen) atoms. The van der Waals surface area contributed by atoms with Gasteiger partial charge >= 0.3 is 11.9 Å². The molecule has 0 saturated heterocycles. The molecule has 4 aromatic rings. The smallest absolute Gasteiger partial charge is 0.348 e. The highest BCUT2D eigenvalue weighted by molar-refractivity contribution is 7.93. The topological polar surface area (TPSA) is 134 Å². The number of hydrogen-bond acceptors (Lipinski definition) is 6. The van der Waals surface area contributed by atoms with Gasteiger partial charge in [-0.25, -0.2) is 18.0 Å². The Kier molecular flexibility index (Phi) is 6.22. The molecule has 0 aliphatic carbocycles. The van der Waals surface area contributed by atoms with Crippen molar-refractivity contribution in [2.24, 2.45) is 0 Å². The highest BCUT2D eigenvalue weighted by Gasteiger charge is 2.34. The zero-order valence-electron chi connectivity index (χ0n) is 17.4. The van der Waals surface area contributed by atoms with Gasteiger partial charge in [-0.3, -0.25) is 4.72 Å². The third-order valence-corrected chi connectivity index (χ3v) is 7.70. The molecule has 2 aromatic heterocycles. The van der Waals surface area contributed by atoms with Crippen LogP contribution in [0.15, 0.2) is 70.0 Å². The normalized spacial score (nSPS) is 11.4. The van der Waals surface area contributed by atoms with Gasteiger partial charge in [-0.2, -0.15) is 0 Å². The standard InChI is InChI=1S/C23H16ClNO7S2/c1-12-18(22(26)27)21(19(32-12)14-7-9-15(24)10-8-14)34(30,31)25-16-11-17(33-20(16)23(28)29)13-5-3-2-4-6-13/h2-11,25H,1H3,(H,26,27)(H,28,29). The molecule has 174 valence electrons. The molecule has 0 bridgehead atoms. The van der Waals surface area contributed by atoms with Crippen LogP contribution in [0, 0.1) is 6.92 Å². The van der Waals surface area contributed by atoms with Crippen molar-refractivity contribution in [3.63, 3.8) is 0 Å². The number of aromatic carboxylic acids is 2. The van der Waals surface area contributed by atoms with Crippen LogP contribution in [0.3, 0.4) is 0 Å². The molecular formula is C23H16ClNO7S2. The molecule has 0 aliphatic rings. The van der Waals surface area contributed by atoms with Crippen molar-refractivity contribution in [1.82, 2.24) is 0 Å². The zero-order chi connectivity index (χ0) is 24.6. The molecular weight excluding hydrogens is 502 g/mol. The van der Waals surface area contributed by atoms with Crippen molar-refractivity contribution < 1.29 is 32.6 Å². The maximum absolute atomic E-state index is 13.5. The van der Waals surface area contributed by atoms with Crippen LogP contribution in [-0.4, -0.2) is 30.6 Å². The molecule has 4 rings (SSSR count). The molecule has 0 radical (unpaired) electrons. The fourth-order valence-electron chi connectivity index (χ4n) is 3.39. The van der Waals surface area contributed by atoms with Gasteiger partial charge in [0, 0.05) is 15.5 Å². The van der Waals surface area contributed by atoms with E-state index < -0.39 is 32.4 Å². The summed E-state index contributed by atoms with van der Waals surface area (Å²) in [5.41, 5.74) is 0.253. The number of furan rings is 1. The monoisotopic (exact) mass is 517 g/mol. The number of hydrogen-bond donors (Lipinski definition) is 3. The first-order valence-corrected chi connectivity index (χ1v) is 12.3. The lowest BCUT2D eigenvalue weighted by atomic mass is 10.1. The molecule has 11 heteroatoms. The van der Waals surface area contributed by atoms with Crippen molar-refractivity contribution in [2.75, 3.05) is 4.72 Å². The van der Waals surface area contributed by atoms with Crippen LogP contribution < -0.4 is 4.72 Å². The molecule has 0 atom stereocenters. The quantitative estimate of drug-likeness (QED) is 0.280. The number of halogens is 1. The second-order valence-electron chi connectivity index (χ2n) is 7.13. The van der Waals surface area contributed by atoms with Crippen LogP contribution in [0.5, 0.6) is 0 Å². The van der Waals surface area contributed by atoms with Crippen LogP contribution >= 0.6 is 22.9 Å². The Morgan fingerprint density at radius 2 is 1.62 bits per heavy atom. The Morgan fingerprint density at radius 1 is 0.971 bits per heavy atom. The van der Waals surface area contributed by atoms with E-state index in [1.807, 2.05) is 0 Å². The average molecular weight is 518 g/mol. The van der Waals surface area contributed by atoms with Crippen molar-refractivity contribution in [2.45, 2.75) is 11.8 Å². The summed E-state index contributed by atoms with van der Waals surface area (Å²) in [5.74, 6) is -3.15. The summed E-state index contributed by atoms with van der Waals surface area (Å²) in [7, 11) is -4.60. The Balaban J connectivity index is 1.86. The van der Waals surface area contributed by atoms with Gasteiger partial charge in [-0.15, -0.1) is 11.3 Å². The Hall–Kier alpha value is -3.60. The number of anilines is 1. The maximum atomic E-state index is 13.5. The molecule has 0 fully saturated rings. The van der Waals surface area contributed by atoms with E-state index in [0.29, 0.717) is 15.5 Å². The first-order valence-electron chi connectivity index (χ1n) is 9.66. The van der Waals surface area contributed by atoms with Gasteiger partial charge in [0.05, 0.1) is 5.69 Å². The van der Waals surface area contributed by atoms with Gasteiger partial charge in [-0.1, -0.05) is 41.9 Å². The first-order chi connectivity index (χ1) is 16.1. The molecule has 0 unspecified atom stereocenters. The minimum absolute atomic E-state index is 0.119. The predicted octanol–water partition coefficient (Wildman–Crippen LogP) is 5.83. The number of carboxylic acids is 2. The molecule has 3 N–H and O–H groups in total. The number of aryl methyl sites for hydroxylation is 1. The molecule has 0 saturated carbocycles. The number of carboxylic acid groups (broad SMARTS) is 2. The van der Waals surface area contributed by atoms with Crippen molar-refractivity contribution >= 4 is 50.6 Å². The van der Waals surface area contributed by atoms with Gasteiger partial charge in [0.1, 0.15) is 21.1 Å². The van der Waals surface area contributed by atoms with Gasteiger partial charge in [0.25, 0.3) is 10.0 Å². The number of thiophene rings is 1. The molecule has 0 spiro atoms. The van der Waals surface area contributed by atoms with E-state index in [0.717, 1.165) is 11.3 Å². The fraction of sp³-hybridized carbons (Fsp3) is 0.0435.